The van der Waals surface area contributed by atoms with Gasteiger partial charge >= 0.3 is 5.97 Å². The summed E-state index contributed by atoms with van der Waals surface area (Å²) in [7, 11) is 3.23. The fourth-order valence-corrected chi connectivity index (χ4v) is 1.65. The van der Waals surface area contributed by atoms with Crippen LogP contribution in [0, 0.1) is 0 Å². The summed E-state index contributed by atoms with van der Waals surface area (Å²) in [6.07, 6.45) is 2.15. The predicted molar refractivity (Wildman–Crippen MR) is 69.6 cm³/mol. The number of methoxy groups -OCH3 is 2. The van der Waals surface area contributed by atoms with Gasteiger partial charge in [-0.05, 0) is 12.5 Å². The number of hydrogen-bond donors (Lipinski definition) is 1. The van der Waals surface area contributed by atoms with Gasteiger partial charge in [-0.15, -0.1) is 5.10 Å². The molecular weight excluding hydrogens is 250 g/mol. The molecule has 1 aromatic heterocycles. The number of aromatic nitrogens is 2. The van der Waals surface area contributed by atoms with Crippen molar-refractivity contribution >= 4 is 11.8 Å². The van der Waals surface area contributed by atoms with Crippen LogP contribution in [0.5, 0.6) is 0 Å². The second-order valence-corrected chi connectivity index (χ2v) is 3.90. The maximum atomic E-state index is 11.2. The van der Waals surface area contributed by atoms with Crippen molar-refractivity contribution < 1.29 is 19.4 Å². The fraction of sp³-hybridized carbons (Fsp3) is 0.583. The number of hydrogen-bond acceptors (Lipinski definition) is 6. The summed E-state index contributed by atoms with van der Waals surface area (Å²) in [5.41, 5.74) is 0.142. The number of anilines is 1. The van der Waals surface area contributed by atoms with E-state index >= 15 is 0 Å². The summed E-state index contributed by atoms with van der Waals surface area (Å²) in [6, 6.07) is 1.45. The van der Waals surface area contributed by atoms with E-state index in [2.05, 4.69) is 10.2 Å². The van der Waals surface area contributed by atoms with Gasteiger partial charge in [-0.25, -0.2) is 4.79 Å². The third kappa shape index (κ3) is 4.80. The average Bonchev–Trinajstić information content (AvgIpc) is 2.42. The van der Waals surface area contributed by atoms with E-state index in [1.807, 2.05) is 4.90 Å². The zero-order valence-electron chi connectivity index (χ0n) is 11.2. The van der Waals surface area contributed by atoms with Crippen LogP contribution >= 0.6 is 0 Å². The van der Waals surface area contributed by atoms with Gasteiger partial charge in [0, 0.05) is 33.9 Å². The van der Waals surface area contributed by atoms with Gasteiger partial charge < -0.3 is 19.5 Å². The molecule has 0 amide bonds. The lowest BCUT2D eigenvalue weighted by atomic mass is 10.2. The molecule has 0 radical (unpaired) electrons. The number of nitrogens with zero attached hydrogens (tertiary/aromatic N) is 3. The minimum Gasteiger partial charge on any atom is -0.478 e. The van der Waals surface area contributed by atoms with E-state index in [1.54, 1.807) is 14.2 Å². The SMILES string of the molecule is COCCCN(CCOC)c1nnccc1C(=O)O. The molecule has 19 heavy (non-hydrogen) atoms. The van der Waals surface area contributed by atoms with Gasteiger partial charge in [0.1, 0.15) is 5.56 Å². The molecule has 0 bridgehead atoms. The molecule has 0 atom stereocenters. The summed E-state index contributed by atoms with van der Waals surface area (Å²) >= 11 is 0. The highest BCUT2D eigenvalue weighted by Crippen LogP contribution is 2.16. The third-order valence-electron chi connectivity index (χ3n) is 2.57. The van der Waals surface area contributed by atoms with E-state index in [0.717, 1.165) is 6.42 Å². The first-order valence-electron chi connectivity index (χ1n) is 5.98. The second-order valence-electron chi connectivity index (χ2n) is 3.90. The molecule has 7 nitrogen and oxygen atoms in total. The zero-order chi connectivity index (χ0) is 14.1. The predicted octanol–water partition coefficient (Wildman–Crippen LogP) is 0.664. The van der Waals surface area contributed by atoms with Crippen LogP contribution in [0.2, 0.25) is 0 Å². The molecule has 0 aromatic carbocycles. The standard InChI is InChI=1S/C12H19N3O4/c1-18-8-3-6-15(7-9-19-2)11-10(12(16)17)4-5-13-14-11/h4-5H,3,6-9H2,1-2H3,(H,16,17). The molecule has 0 aliphatic carbocycles. The Labute approximate surface area is 112 Å². The Kier molecular flexibility index (Phi) is 6.76. The number of ether oxygens (including phenoxy) is 2. The molecule has 106 valence electrons. The van der Waals surface area contributed by atoms with Crippen LogP contribution in [0.15, 0.2) is 12.3 Å². The third-order valence-corrected chi connectivity index (χ3v) is 2.57. The van der Waals surface area contributed by atoms with E-state index in [9.17, 15) is 4.79 Å². The lowest BCUT2D eigenvalue weighted by Crippen LogP contribution is -2.31. The summed E-state index contributed by atoms with van der Waals surface area (Å²) in [5.74, 6) is -0.651. The minimum absolute atomic E-state index is 0.142. The Hall–Kier alpha value is -1.73. The van der Waals surface area contributed by atoms with E-state index in [1.165, 1.54) is 12.3 Å². The first kappa shape index (κ1) is 15.3. The van der Waals surface area contributed by atoms with Gasteiger partial charge in [-0.3, -0.25) is 0 Å². The molecular formula is C12H19N3O4. The first-order valence-corrected chi connectivity index (χ1v) is 5.98. The average molecular weight is 269 g/mol. The van der Waals surface area contributed by atoms with Crippen LogP contribution in [0.1, 0.15) is 16.8 Å². The number of carbonyl (C=O) groups is 1. The number of carboxylic acid groups (broad SMARTS) is 1. The summed E-state index contributed by atoms with van der Waals surface area (Å²) in [6.45, 7) is 2.28. The maximum absolute atomic E-state index is 11.2. The Morgan fingerprint density at radius 1 is 1.32 bits per heavy atom. The molecule has 0 saturated heterocycles. The monoisotopic (exact) mass is 269 g/mol. The molecule has 1 N–H and O–H groups in total. The van der Waals surface area contributed by atoms with Crippen molar-refractivity contribution in [2.45, 2.75) is 6.42 Å². The van der Waals surface area contributed by atoms with Crippen LogP contribution in [0.25, 0.3) is 0 Å². The van der Waals surface area contributed by atoms with Crippen molar-refractivity contribution in [2.75, 3.05) is 45.4 Å². The molecule has 7 heteroatoms. The lowest BCUT2D eigenvalue weighted by molar-refractivity contribution is 0.0696. The molecule has 1 rings (SSSR count). The topological polar surface area (TPSA) is 84.8 Å². The molecule has 1 heterocycles. The molecule has 0 aliphatic heterocycles. The van der Waals surface area contributed by atoms with Crippen molar-refractivity contribution in [3.8, 4) is 0 Å². The molecule has 0 saturated carbocycles. The quantitative estimate of drug-likeness (QED) is 0.659. The van der Waals surface area contributed by atoms with Crippen molar-refractivity contribution in [3.63, 3.8) is 0 Å². The van der Waals surface area contributed by atoms with Crippen LogP contribution in [0.3, 0.4) is 0 Å². The molecule has 0 fully saturated rings. The largest absolute Gasteiger partial charge is 0.478 e. The van der Waals surface area contributed by atoms with E-state index in [-0.39, 0.29) is 5.56 Å². The lowest BCUT2D eigenvalue weighted by Gasteiger charge is -2.23. The van der Waals surface area contributed by atoms with Crippen molar-refractivity contribution in [3.05, 3.63) is 17.8 Å². The highest BCUT2D eigenvalue weighted by Gasteiger charge is 2.17. The van der Waals surface area contributed by atoms with Crippen LogP contribution in [-0.2, 0) is 9.47 Å². The van der Waals surface area contributed by atoms with E-state index in [0.29, 0.717) is 32.1 Å². The van der Waals surface area contributed by atoms with Gasteiger partial charge in [-0.1, -0.05) is 0 Å². The van der Waals surface area contributed by atoms with Crippen LogP contribution < -0.4 is 4.90 Å². The zero-order valence-corrected chi connectivity index (χ0v) is 11.2. The van der Waals surface area contributed by atoms with Crippen molar-refractivity contribution in [2.24, 2.45) is 0 Å². The van der Waals surface area contributed by atoms with Gasteiger partial charge in [0.2, 0.25) is 0 Å². The van der Waals surface area contributed by atoms with Gasteiger partial charge in [0.05, 0.1) is 12.8 Å². The van der Waals surface area contributed by atoms with E-state index < -0.39 is 5.97 Å². The second kappa shape index (κ2) is 8.39. The van der Waals surface area contributed by atoms with Gasteiger partial charge in [-0.2, -0.15) is 5.10 Å². The Balaban J connectivity index is 2.85. The smallest absolute Gasteiger partial charge is 0.339 e. The number of carboxylic acids is 1. The minimum atomic E-state index is -1.01. The first-order chi connectivity index (χ1) is 9.20. The summed E-state index contributed by atoms with van der Waals surface area (Å²) < 4.78 is 10.0. The van der Waals surface area contributed by atoms with Crippen LogP contribution in [-0.4, -0.2) is 61.8 Å². The normalized spacial score (nSPS) is 10.4. The van der Waals surface area contributed by atoms with E-state index in [4.69, 9.17) is 14.6 Å². The number of rotatable bonds is 9. The number of aromatic carboxylic acids is 1. The maximum Gasteiger partial charge on any atom is 0.339 e. The summed E-state index contributed by atoms with van der Waals surface area (Å²) in [5, 5.41) is 16.8. The van der Waals surface area contributed by atoms with Gasteiger partial charge in [0.25, 0.3) is 0 Å². The van der Waals surface area contributed by atoms with Crippen LogP contribution in [0.4, 0.5) is 5.82 Å². The molecule has 1 aromatic rings. The Morgan fingerprint density at radius 2 is 2.05 bits per heavy atom. The Morgan fingerprint density at radius 3 is 2.68 bits per heavy atom. The molecule has 0 aliphatic rings. The Bertz CT molecular complexity index is 400. The van der Waals surface area contributed by atoms with Crippen molar-refractivity contribution in [1.82, 2.24) is 10.2 Å². The highest BCUT2D eigenvalue weighted by atomic mass is 16.5. The van der Waals surface area contributed by atoms with Gasteiger partial charge in [0.15, 0.2) is 5.82 Å². The van der Waals surface area contributed by atoms with Crippen molar-refractivity contribution in [1.29, 1.82) is 0 Å². The fourth-order valence-electron chi connectivity index (χ4n) is 1.65. The summed E-state index contributed by atoms with van der Waals surface area (Å²) in [4.78, 5) is 13.0. The molecule has 0 unspecified atom stereocenters. The highest BCUT2D eigenvalue weighted by molar-refractivity contribution is 5.93. The molecule has 0 spiro atoms.